The van der Waals surface area contributed by atoms with Gasteiger partial charge in [-0.25, -0.2) is 15.0 Å². The predicted octanol–water partition coefficient (Wildman–Crippen LogP) is 3.88. The predicted molar refractivity (Wildman–Crippen MR) is 104 cm³/mol. The maximum atomic E-state index is 5.46. The maximum Gasteiger partial charge on any atom is 0.203 e. The number of thiophene rings is 1. The van der Waals surface area contributed by atoms with Crippen LogP contribution >= 0.6 is 11.3 Å². The lowest BCUT2D eigenvalue weighted by atomic mass is 10.1. The zero-order chi connectivity index (χ0) is 19.0. The molecule has 0 atom stereocenters. The molecule has 3 heterocycles. The second-order valence-corrected chi connectivity index (χ2v) is 6.71. The van der Waals surface area contributed by atoms with Crippen LogP contribution in [0.15, 0.2) is 36.2 Å². The Morgan fingerprint density at radius 1 is 1.00 bits per heavy atom. The summed E-state index contributed by atoms with van der Waals surface area (Å²) in [6.45, 7) is 2.06. The van der Waals surface area contributed by atoms with Gasteiger partial charge in [0, 0.05) is 18.0 Å². The first-order chi connectivity index (χ1) is 13.2. The van der Waals surface area contributed by atoms with Gasteiger partial charge in [0.1, 0.15) is 11.2 Å². The lowest BCUT2D eigenvalue weighted by Crippen LogP contribution is -2.01. The molecule has 0 spiro atoms. The largest absolute Gasteiger partial charge is 0.493 e. The minimum absolute atomic E-state index is 0.534. The molecule has 4 aromatic rings. The van der Waals surface area contributed by atoms with E-state index in [4.69, 9.17) is 24.2 Å². The first-order valence-corrected chi connectivity index (χ1v) is 9.08. The standard InChI is InChI=1S/C19H18N4O3S/c1-11-9-27-19-15(11)18(23-6-5-20-10-23)21-17(22-19)12-7-13(24-2)16(26-4)14(8-12)25-3/h5-10H,1-4H3. The van der Waals surface area contributed by atoms with Crippen molar-refractivity contribution in [3.8, 4) is 34.5 Å². The van der Waals surface area contributed by atoms with Crippen LogP contribution in [0.2, 0.25) is 0 Å². The van der Waals surface area contributed by atoms with E-state index in [-0.39, 0.29) is 0 Å². The molecule has 138 valence electrons. The summed E-state index contributed by atoms with van der Waals surface area (Å²) in [5, 5.41) is 3.10. The van der Waals surface area contributed by atoms with Crippen LogP contribution in [0.5, 0.6) is 17.2 Å². The zero-order valence-corrected chi connectivity index (χ0v) is 16.2. The van der Waals surface area contributed by atoms with Crippen molar-refractivity contribution in [2.45, 2.75) is 6.92 Å². The summed E-state index contributed by atoms with van der Waals surface area (Å²) in [6, 6.07) is 3.70. The second-order valence-electron chi connectivity index (χ2n) is 5.85. The molecule has 0 N–H and O–H groups in total. The minimum atomic E-state index is 0.534. The third-order valence-corrected chi connectivity index (χ3v) is 5.26. The highest BCUT2D eigenvalue weighted by Gasteiger charge is 2.18. The van der Waals surface area contributed by atoms with Crippen molar-refractivity contribution >= 4 is 21.6 Å². The van der Waals surface area contributed by atoms with Gasteiger partial charge in [-0.15, -0.1) is 11.3 Å². The van der Waals surface area contributed by atoms with E-state index in [9.17, 15) is 0 Å². The number of fused-ring (bicyclic) bond motifs is 1. The van der Waals surface area contributed by atoms with E-state index in [1.165, 1.54) is 0 Å². The highest BCUT2D eigenvalue weighted by Crippen LogP contribution is 2.41. The van der Waals surface area contributed by atoms with Gasteiger partial charge in [0.05, 0.1) is 26.7 Å². The fourth-order valence-corrected chi connectivity index (χ4v) is 3.89. The summed E-state index contributed by atoms with van der Waals surface area (Å²) in [5.41, 5.74) is 1.91. The van der Waals surface area contributed by atoms with Crippen LogP contribution in [0, 0.1) is 6.92 Å². The molecule has 3 aromatic heterocycles. The Kier molecular flexibility index (Phi) is 4.41. The molecule has 0 saturated carbocycles. The van der Waals surface area contributed by atoms with Gasteiger partial charge in [-0.2, -0.15) is 0 Å². The number of hydrogen-bond acceptors (Lipinski definition) is 7. The molecule has 0 saturated heterocycles. The topological polar surface area (TPSA) is 71.3 Å². The first-order valence-electron chi connectivity index (χ1n) is 8.20. The van der Waals surface area contributed by atoms with Gasteiger partial charge >= 0.3 is 0 Å². The molecule has 7 nitrogen and oxygen atoms in total. The molecule has 4 rings (SSSR count). The van der Waals surface area contributed by atoms with Crippen LogP contribution in [-0.2, 0) is 0 Å². The van der Waals surface area contributed by atoms with Crippen molar-refractivity contribution in [2.24, 2.45) is 0 Å². The normalized spacial score (nSPS) is 11.0. The van der Waals surface area contributed by atoms with Gasteiger partial charge in [-0.1, -0.05) is 0 Å². The number of methoxy groups -OCH3 is 3. The molecule has 0 aliphatic carbocycles. The lowest BCUT2D eigenvalue weighted by molar-refractivity contribution is 0.324. The second kappa shape index (κ2) is 6.88. The smallest absolute Gasteiger partial charge is 0.203 e. The molecule has 27 heavy (non-hydrogen) atoms. The Labute approximate surface area is 160 Å². The Bertz CT molecular complexity index is 1080. The Balaban J connectivity index is 1.98. The summed E-state index contributed by atoms with van der Waals surface area (Å²) >= 11 is 1.59. The van der Waals surface area contributed by atoms with E-state index in [2.05, 4.69) is 17.3 Å². The quantitative estimate of drug-likeness (QED) is 0.522. The zero-order valence-electron chi connectivity index (χ0n) is 15.4. The van der Waals surface area contributed by atoms with Crippen molar-refractivity contribution in [3.63, 3.8) is 0 Å². The minimum Gasteiger partial charge on any atom is -0.493 e. The SMILES string of the molecule is COc1cc(-c2nc(-n3ccnc3)c3c(C)csc3n2)cc(OC)c1OC. The van der Waals surface area contributed by atoms with Gasteiger partial charge < -0.3 is 14.2 Å². The average Bonchev–Trinajstić information content (AvgIpc) is 3.36. The lowest BCUT2D eigenvalue weighted by Gasteiger charge is -2.14. The molecule has 0 fully saturated rings. The van der Waals surface area contributed by atoms with Crippen LogP contribution < -0.4 is 14.2 Å². The van der Waals surface area contributed by atoms with Crippen molar-refractivity contribution in [1.29, 1.82) is 0 Å². The number of rotatable bonds is 5. The van der Waals surface area contributed by atoms with E-state index < -0.39 is 0 Å². The van der Waals surface area contributed by atoms with Crippen molar-refractivity contribution in [1.82, 2.24) is 19.5 Å². The monoisotopic (exact) mass is 382 g/mol. The number of aryl methyl sites for hydroxylation is 1. The van der Waals surface area contributed by atoms with E-state index in [1.54, 1.807) is 45.2 Å². The van der Waals surface area contributed by atoms with E-state index >= 15 is 0 Å². The van der Waals surface area contributed by atoms with Gasteiger partial charge in [0.25, 0.3) is 0 Å². The van der Waals surface area contributed by atoms with Gasteiger partial charge in [-0.05, 0) is 30.0 Å². The fourth-order valence-electron chi connectivity index (χ4n) is 2.97. The number of imidazole rings is 1. The summed E-state index contributed by atoms with van der Waals surface area (Å²) in [4.78, 5) is 14.6. The van der Waals surface area contributed by atoms with Gasteiger partial charge in [0.2, 0.25) is 5.75 Å². The molecule has 0 radical (unpaired) electrons. The Hall–Kier alpha value is -3.13. The summed E-state index contributed by atoms with van der Waals surface area (Å²) in [5.74, 6) is 3.02. The highest BCUT2D eigenvalue weighted by atomic mass is 32.1. The van der Waals surface area contributed by atoms with E-state index in [0.717, 1.165) is 27.2 Å². The molecule has 0 amide bonds. The molecular weight excluding hydrogens is 364 g/mol. The molecular formula is C19H18N4O3S. The average molecular weight is 382 g/mol. The summed E-state index contributed by atoms with van der Waals surface area (Å²) in [7, 11) is 4.75. The first kappa shape index (κ1) is 17.3. The molecule has 1 aromatic carbocycles. The third-order valence-electron chi connectivity index (χ3n) is 4.27. The van der Waals surface area contributed by atoms with Crippen LogP contribution in [-0.4, -0.2) is 40.8 Å². The van der Waals surface area contributed by atoms with Crippen molar-refractivity contribution in [2.75, 3.05) is 21.3 Å². The van der Waals surface area contributed by atoms with Crippen LogP contribution in [0.3, 0.4) is 0 Å². The van der Waals surface area contributed by atoms with Gasteiger partial charge in [-0.3, -0.25) is 4.57 Å². The van der Waals surface area contributed by atoms with Gasteiger partial charge in [0.15, 0.2) is 23.1 Å². The third kappa shape index (κ3) is 2.87. The molecule has 0 aliphatic rings. The van der Waals surface area contributed by atoms with Crippen LogP contribution in [0.4, 0.5) is 0 Å². The number of aromatic nitrogens is 4. The molecule has 0 bridgehead atoms. The Morgan fingerprint density at radius 2 is 1.74 bits per heavy atom. The number of benzene rings is 1. The number of nitrogens with zero attached hydrogens (tertiary/aromatic N) is 4. The van der Waals surface area contributed by atoms with E-state index in [1.807, 2.05) is 22.9 Å². The highest BCUT2D eigenvalue weighted by molar-refractivity contribution is 7.17. The summed E-state index contributed by atoms with van der Waals surface area (Å²) in [6.07, 6.45) is 5.34. The van der Waals surface area contributed by atoms with Crippen molar-refractivity contribution in [3.05, 3.63) is 41.8 Å². The molecule has 8 heteroatoms. The van der Waals surface area contributed by atoms with Crippen LogP contribution in [0.25, 0.3) is 27.4 Å². The summed E-state index contributed by atoms with van der Waals surface area (Å²) < 4.78 is 18.2. The van der Waals surface area contributed by atoms with Crippen molar-refractivity contribution < 1.29 is 14.2 Å². The van der Waals surface area contributed by atoms with E-state index in [0.29, 0.717) is 23.1 Å². The number of ether oxygens (including phenoxy) is 3. The number of hydrogen-bond donors (Lipinski definition) is 0. The van der Waals surface area contributed by atoms with Crippen LogP contribution in [0.1, 0.15) is 5.56 Å². The Morgan fingerprint density at radius 3 is 2.33 bits per heavy atom. The maximum absolute atomic E-state index is 5.46. The molecule has 0 unspecified atom stereocenters. The molecule has 0 aliphatic heterocycles. The fraction of sp³-hybridized carbons (Fsp3) is 0.211.